The molecule has 158 valence electrons. The third-order valence-electron chi connectivity index (χ3n) is 5.27. The van der Waals surface area contributed by atoms with Crippen LogP contribution in [-0.2, 0) is 10.1 Å². The Bertz CT molecular complexity index is 1490. The van der Waals surface area contributed by atoms with Crippen LogP contribution in [0.2, 0.25) is 0 Å². The van der Waals surface area contributed by atoms with E-state index in [4.69, 9.17) is 4.18 Å². The standard InChI is InChI=1S/C26H20N2O3S/c1-19-14-16-22(17-15-19)32(29,30)31-26-23-13-8-18-27-28(23)25(21-11-6-3-7-12-21)24(26)20-9-4-2-5-10-20/h2-18H,1H3. The smallest absolute Gasteiger partial charge is 0.339 e. The van der Waals surface area contributed by atoms with Crippen molar-refractivity contribution < 1.29 is 12.6 Å². The summed E-state index contributed by atoms with van der Waals surface area (Å²) in [6.07, 6.45) is 1.67. The van der Waals surface area contributed by atoms with Crippen LogP contribution in [-0.4, -0.2) is 18.0 Å². The van der Waals surface area contributed by atoms with Crippen molar-refractivity contribution in [2.24, 2.45) is 0 Å². The summed E-state index contributed by atoms with van der Waals surface area (Å²) in [5.41, 5.74) is 4.72. The molecular formula is C26H20N2O3S. The van der Waals surface area contributed by atoms with E-state index in [2.05, 4.69) is 5.10 Å². The summed E-state index contributed by atoms with van der Waals surface area (Å²) in [5.74, 6) is 0.253. The Morgan fingerprint density at radius 1 is 0.750 bits per heavy atom. The lowest BCUT2D eigenvalue weighted by Gasteiger charge is -2.10. The lowest BCUT2D eigenvalue weighted by Crippen LogP contribution is -2.10. The first-order chi connectivity index (χ1) is 15.5. The Hall–Kier alpha value is -3.90. The molecule has 0 saturated heterocycles. The highest BCUT2D eigenvalue weighted by molar-refractivity contribution is 7.87. The molecule has 0 fully saturated rings. The molecule has 0 atom stereocenters. The molecule has 5 nitrogen and oxygen atoms in total. The van der Waals surface area contributed by atoms with Crippen LogP contribution in [0.3, 0.4) is 0 Å². The van der Waals surface area contributed by atoms with E-state index in [1.165, 1.54) is 0 Å². The number of aryl methyl sites for hydroxylation is 1. The van der Waals surface area contributed by atoms with E-state index in [9.17, 15) is 8.42 Å². The third-order valence-corrected chi connectivity index (χ3v) is 6.51. The van der Waals surface area contributed by atoms with Gasteiger partial charge in [-0.25, -0.2) is 4.52 Å². The topological polar surface area (TPSA) is 60.7 Å². The molecule has 0 aliphatic rings. The Balaban J connectivity index is 1.80. The van der Waals surface area contributed by atoms with Crippen molar-refractivity contribution in [1.82, 2.24) is 9.61 Å². The first-order valence-corrected chi connectivity index (χ1v) is 11.6. The van der Waals surface area contributed by atoms with Gasteiger partial charge in [0.1, 0.15) is 10.4 Å². The Morgan fingerprint density at radius 3 is 2.03 bits per heavy atom. The molecule has 6 heteroatoms. The minimum absolute atomic E-state index is 0.103. The van der Waals surface area contributed by atoms with Gasteiger partial charge in [-0.1, -0.05) is 78.4 Å². The molecule has 0 bridgehead atoms. The molecule has 2 aromatic heterocycles. The predicted molar refractivity (Wildman–Crippen MR) is 125 cm³/mol. The average molecular weight is 441 g/mol. The summed E-state index contributed by atoms with van der Waals surface area (Å²) in [5, 5.41) is 4.52. The Morgan fingerprint density at radius 2 is 1.38 bits per heavy atom. The molecule has 5 aromatic rings. The lowest BCUT2D eigenvalue weighted by atomic mass is 10.0. The SMILES string of the molecule is Cc1ccc(S(=O)(=O)Oc2c(-c3ccccc3)c(-c3ccccc3)n3ncccc23)cc1. The Kier molecular flexibility index (Phi) is 4.99. The van der Waals surface area contributed by atoms with Crippen molar-refractivity contribution in [1.29, 1.82) is 0 Å². The molecule has 32 heavy (non-hydrogen) atoms. The van der Waals surface area contributed by atoms with Crippen molar-refractivity contribution in [3.63, 3.8) is 0 Å². The number of hydrogen-bond acceptors (Lipinski definition) is 4. The molecule has 0 saturated carbocycles. The molecular weight excluding hydrogens is 420 g/mol. The van der Waals surface area contributed by atoms with Crippen molar-refractivity contribution in [2.75, 3.05) is 0 Å². The normalized spacial score (nSPS) is 11.5. The fourth-order valence-corrected chi connectivity index (χ4v) is 4.70. The molecule has 2 heterocycles. The van der Waals surface area contributed by atoms with Gasteiger partial charge in [0.2, 0.25) is 0 Å². The zero-order valence-electron chi connectivity index (χ0n) is 17.3. The quantitative estimate of drug-likeness (QED) is 0.327. The average Bonchev–Trinajstić information content (AvgIpc) is 3.14. The fraction of sp³-hybridized carbons (Fsp3) is 0.0385. The monoisotopic (exact) mass is 440 g/mol. The van der Waals surface area contributed by atoms with Crippen LogP contribution in [0.5, 0.6) is 5.75 Å². The van der Waals surface area contributed by atoms with Gasteiger partial charge in [-0.2, -0.15) is 13.5 Å². The number of aromatic nitrogens is 2. The molecule has 0 spiro atoms. The number of benzene rings is 3. The highest BCUT2D eigenvalue weighted by atomic mass is 32.2. The second-order valence-electron chi connectivity index (χ2n) is 7.46. The Labute approximate surface area is 186 Å². The van der Waals surface area contributed by atoms with Crippen LogP contribution in [0, 0.1) is 6.92 Å². The van der Waals surface area contributed by atoms with E-state index in [-0.39, 0.29) is 10.6 Å². The number of rotatable bonds is 5. The van der Waals surface area contributed by atoms with Crippen molar-refractivity contribution in [3.8, 4) is 28.1 Å². The highest BCUT2D eigenvalue weighted by Gasteiger charge is 2.27. The summed E-state index contributed by atoms with van der Waals surface area (Å²) < 4.78 is 34.0. The zero-order chi connectivity index (χ0) is 22.1. The summed E-state index contributed by atoms with van der Waals surface area (Å²) in [6, 6.07) is 29.6. The molecule has 0 aliphatic heterocycles. The van der Waals surface area contributed by atoms with E-state index in [1.54, 1.807) is 41.0 Å². The second kappa shape index (κ2) is 7.98. The summed E-state index contributed by atoms with van der Waals surface area (Å²) >= 11 is 0. The van der Waals surface area contributed by atoms with Crippen LogP contribution in [0.1, 0.15) is 5.56 Å². The molecule has 0 radical (unpaired) electrons. The first kappa shape index (κ1) is 20.0. The van der Waals surface area contributed by atoms with E-state index < -0.39 is 10.1 Å². The zero-order valence-corrected chi connectivity index (χ0v) is 18.2. The fourth-order valence-electron chi connectivity index (χ4n) is 3.75. The van der Waals surface area contributed by atoms with Crippen LogP contribution in [0.15, 0.2) is 108 Å². The maximum atomic E-state index is 13.2. The molecule has 3 aromatic carbocycles. The minimum Gasteiger partial charge on any atom is -0.376 e. The second-order valence-corrected chi connectivity index (χ2v) is 9.00. The summed E-state index contributed by atoms with van der Waals surface area (Å²) in [6.45, 7) is 1.91. The number of nitrogens with zero attached hydrogens (tertiary/aromatic N) is 2. The van der Waals surface area contributed by atoms with Crippen LogP contribution >= 0.6 is 0 Å². The summed E-state index contributed by atoms with van der Waals surface area (Å²) in [7, 11) is -4.06. The van der Waals surface area contributed by atoms with Crippen LogP contribution in [0.25, 0.3) is 27.9 Å². The predicted octanol–water partition coefficient (Wildman–Crippen LogP) is 5.74. The van der Waals surface area contributed by atoms with Crippen molar-refractivity contribution in [2.45, 2.75) is 11.8 Å². The lowest BCUT2D eigenvalue weighted by molar-refractivity contribution is 0.489. The first-order valence-electron chi connectivity index (χ1n) is 10.2. The molecule has 0 amide bonds. The molecule has 0 unspecified atom stereocenters. The van der Waals surface area contributed by atoms with Gasteiger partial charge in [-0.15, -0.1) is 0 Å². The van der Waals surface area contributed by atoms with Gasteiger partial charge in [-0.3, -0.25) is 0 Å². The van der Waals surface area contributed by atoms with Gasteiger partial charge in [0, 0.05) is 11.8 Å². The maximum Gasteiger partial charge on any atom is 0.339 e. The van der Waals surface area contributed by atoms with Crippen molar-refractivity contribution >= 4 is 15.6 Å². The number of fused-ring (bicyclic) bond motifs is 1. The minimum atomic E-state index is -4.06. The highest BCUT2D eigenvalue weighted by Crippen LogP contribution is 2.44. The number of hydrogen-bond donors (Lipinski definition) is 0. The van der Waals surface area contributed by atoms with E-state index in [1.807, 2.05) is 73.7 Å². The van der Waals surface area contributed by atoms with E-state index >= 15 is 0 Å². The van der Waals surface area contributed by atoms with Gasteiger partial charge in [0.05, 0.1) is 11.3 Å². The molecule has 0 aliphatic carbocycles. The maximum absolute atomic E-state index is 13.2. The van der Waals surface area contributed by atoms with Crippen LogP contribution < -0.4 is 4.18 Å². The van der Waals surface area contributed by atoms with Crippen LogP contribution in [0.4, 0.5) is 0 Å². The molecule has 0 N–H and O–H groups in total. The largest absolute Gasteiger partial charge is 0.376 e. The van der Waals surface area contributed by atoms with E-state index in [0.29, 0.717) is 11.1 Å². The van der Waals surface area contributed by atoms with Gasteiger partial charge in [0.15, 0.2) is 5.75 Å². The third kappa shape index (κ3) is 3.55. The van der Waals surface area contributed by atoms with Crippen molar-refractivity contribution in [3.05, 3.63) is 109 Å². The van der Waals surface area contributed by atoms with Gasteiger partial charge in [0.25, 0.3) is 0 Å². The summed E-state index contributed by atoms with van der Waals surface area (Å²) in [4.78, 5) is 0.103. The van der Waals surface area contributed by atoms with Gasteiger partial charge in [-0.05, 0) is 36.8 Å². The van der Waals surface area contributed by atoms with Gasteiger partial charge >= 0.3 is 10.1 Å². The van der Waals surface area contributed by atoms with E-state index in [0.717, 1.165) is 22.4 Å². The van der Waals surface area contributed by atoms with Gasteiger partial charge < -0.3 is 4.18 Å². The molecule has 5 rings (SSSR count).